The molecule has 1 atom stereocenters. The summed E-state index contributed by atoms with van der Waals surface area (Å²) in [5.41, 5.74) is 0. The van der Waals surface area contributed by atoms with Gasteiger partial charge in [0.25, 0.3) is 5.91 Å². The molecule has 0 aliphatic carbocycles. The van der Waals surface area contributed by atoms with E-state index in [1.807, 2.05) is 11.8 Å². The zero-order chi connectivity index (χ0) is 18.0. The number of amides is 1. The summed E-state index contributed by atoms with van der Waals surface area (Å²) in [4.78, 5) is 15.5. The third kappa shape index (κ3) is 3.86. The maximum atomic E-state index is 13.3. The second-order valence-corrected chi connectivity index (χ2v) is 8.71. The molecule has 2 saturated heterocycles. The van der Waals surface area contributed by atoms with Crippen LogP contribution < -0.4 is 4.90 Å². The van der Waals surface area contributed by atoms with Crippen LogP contribution in [-0.2, 0) is 14.8 Å². The summed E-state index contributed by atoms with van der Waals surface area (Å²) in [7, 11) is -3.68. The Morgan fingerprint density at radius 1 is 1.16 bits per heavy atom. The first-order valence-electron chi connectivity index (χ1n) is 8.78. The number of nitrogens with zero attached hydrogens (tertiary/aromatic N) is 2. The molecule has 1 amide bonds. The minimum atomic E-state index is -3.68. The molecule has 1 aromatic rings. The fourth-order valence-electron chi connectivity index (χ4n) is 3.61. The van der Waals surface area contributed by atoms with E-state index in [1.165, 1.54) is 22.5 Å². The summed E-state index contributed by atoms with van der Waals surface area (Å²) in [6.45, 7) is 5.42. The van der Waals surface area contributed by atoms with Gasteiger partial charge in [0.05, 0.1) is 31.1 Å². The maximum absolute atomic E-state index is 13.3. The van der Waals surface area contributed by atoms with Gasteiger partial charge in [-0.2, -0.15) is 4.31 Å². The molecule has 0 unspecified atom stereocenters. The number of rotatable bonds is 4. The SMILES string of the molecule is C[C@H](C(=O)N1CCCC1)[NH+]1CCN(S(=O)(=O)c2cccc(F)c2)CC1. The summed E-state index contributed by atoms with van der Waals surface area (Å²) < 4.78 is 40.0. The first kappa shape index (κ1) is 18.3. The number of quaternary nitrogens is 1. The van der Waals surface area contributed by atoms with Crippen LogP contribution in [0.25, 0.3) is 0 Å². The van der Waals surface area contributed by atoms with Crippen LogP contribution in [0.5, 0.6) is 0 Å². The molecule has 2 aliphatic heterocycles. The van der Waals surface area contributed by atoms with Crippen molar-refractivity contribution >= 4 is 15.9 Å². The average Bonchev–Trinajstić information content (AvgIpc) is 3.15. The molecule has 2 heterocycles. The fraction of sp³-hybridized carbons (Fsp3) is 0.588. The van der Waals surface area contributed by atoms with Crippen molar-refractivity contribution in [2.75, 3.05) is 39.3 Å². The highest BCUT2D eigenvalue weighted by molar-refractivity contribution is 7.89. The van der Waals surface area contributed by atoms with Crippen molar-refractivity contribution in [2.24, 2.45) is 0 Å². The van der Waals surface area contributed by atoms with Crippen molar-refractivity contribution < 1.29 is 22.5 Å². The minimum absolute atomic E-state index is 0.0165. The average molecular weight is 370 g/mol. The molecule has 2 aliphatic rings. The molecule has 2 fully saturated rings. The van der Waals surface area contributed by atoms with Gasteiger partial charge in [-0.3, -0.25) is 4.79 Å². The van der Waals surface area contributed by atoms with E-state index in [2.05, 4.69) is 0 Å². The molecule has 0 spiro atoms. The summed E-state index contributed by atoms with van der Waals surface area (Å²) >= 11 is 0. The molecule has 3 rings (SSSR count). The van der Waals surface area contributed by atoms with Crippen LogP contribution in [0.4, 0.5) is 4.39 Å². The molecule has 8 heteroatoms. The van der Waals surface area contributed by atoms with Gasteiger partial charge in [-0.25, -0.2) is 12.8 Å². The van der Waals surface area contributed by atoms with E-state index in [9.17, 15) is 17.6 Å². The third-order valence-electron chi connectivity index (χ3n) is 5.20. The van der Waals surface area contributed by atoms with Gasteiger partial charge in [0.15, 0.2) is 6.04 Å². The van der Waals surface area contributed by atoms with Gasteiger partial charge >= 0.3 is 0 Å². The van der Waals surface area contributed by atoms with Crippen LogP contribution in [0.2, 0.25) is 0 Å². The van der Waals surface area contributed by atoms with Gasteiger partial charge in [0.2, 0.25) is 10.0 Å². The monoisotopic (exact) mass is 370 g/mol. The molecule has 6 nitrogen and oxygen atoms in total. The van der Waals surface area contributed by atoms with Crippen molar-refractivity contribution in [3.8, 4) is 0 Å². The molecule has 25 heavy (non-hydrogen) atoms. The molecule has 0 radical (unpaired) electrons. The highest BCUT2D eigenvalue weighted by atomic mass is 32.2. The smallest absolute Gasteiger partial charge is 0.280 e. The lowest BCUT2D eigenvalue weighted by molar-refractivity contribution is -0.918. The highest BCUT2D eigenvalue weighted by Crippen LogP contribution is 2.16. The van der Waals surface area contributed by atoms with Gasteiger partial charge in [-0.15, -0.1) is 0 Å². The fourth-order valence-corrected chi connectivity index (χ4v) is 5.08. The Labute approximate surface area is 148 Å². The predicted molar refractivity (Wildman–Crippen MR) is 91.1 cm³/mol. The Kier molecular flexibility index (Phi) is 5.41. The van der Waals surface area contributed by atoms with E-state index >= 15 is 0 Å². The van der Waals surface area contributed by atoms with Crippen LogP contribution >= 0.6 is 0 Å². The highest BCUT2D eigenvalue weighted by Gasteiger charge is 2.36. The van der Waals surface area contributed by atoms with E-state index in [1.54, 1.807) is 0 Å². The molecular weight excluding hydrogens is 345 g/mol. The number of carbonyl (C=O) groups is 1. The Hall–Kier alpha value is -1.51. The number of piperazine rings is 1. The van der Waals surface area contributed by atoms with Gasteiger partial charge in [0, 0.05) is 13.1 Å². The third-order valence-corrected chi connectivity index (χ3v) is 7.09. The maximum Gasteiger partial charge on any atom is 0.280 e. The van der Waals surface area contributed by atoms with Crippen LogP contribution in [0.3, 0.4) is 0 Å². The van der Waals surface area contributed by atoms with Crippen LogP contribution in [0, 0.1) is 5.82 Å². The standard InChI is InChI=1S/C17H24FN3O3S/c1-14(17(22)20-7-2-3-8-20)19-9-11-21(12-10-19)25(23,24)16-6-4-5-15(18)13-16/h4-6,13-14H,2-3,7-12H2,1H3/p+1/t14-/m1/s1. The van der Waals surface area contributed by atoms with Crippen LogP contribution in [-0.4, -0.2) is 68.8 Å². The van der Waals surface area contributed by atoms with Crippen LogP contribution in [0.1, 0.15) is 19.8 Å². The number of halogens is 1. The van der Waals surface area contributed by atoms with Crippen molar-refractivity contribution in [2.45, 2.75) is 30.7 Å². The second-order valence-electron chi connectivity index (χ2n) is 6.77. The molecule has 0 aromatic heterocycles. The predicted octanol–water partition coefficient (Wildman–Crippen LogP) is -0.274. The summed E-state index contributed by atoms with van der Waals surface area (Å²) in [5, 5.41) is 0. The van der Waals surface area contributed by atoms with E-state index in [-0.39, 0.29) is 16.8 Å². The van der Waals surface area contributed by atoms with Crippen molar-refractivity contribution in [3.63, 3.8) is 0 Å². The van der Waals surface area contributed by atoms with E-state index in [4.69, 9.17) is 0 Å². The Bertz CT molecular complexity index is 726. The zero-order valence-electron chi connectivity index (χ0n) is 14.4. The van der Waals surface area contributed by atoms with Gasteiger partial charge in [-0.05, 0) is 38.0 Å². The quantitative estimate of drug-likeness (QED) is 0.794. The first-order chi connectivity index (χ1) is 11.9. The molecule has 1 N–H and O–H groups in total. The lowest BCUT2D eigenvalue weighted by atomic mass is 10.2. The normalized spacial score (nSPS) is 21.4. The summed E-state index contributed by atoms with van der Waals surface area (Å²) in [6.07, 6.45) is 2.13. The lowest BCUT2D eigenvalue weighted by Gasteiger charge is -2.35. The van der Waals surface area contributed by atoms with Gasteiger partial charge < -0.3 is 9.80 Å². The Balaban J connectivity index is 1.62. The number of carbonyl (C=O) groups excluding carboxylic acids is 1. The first-order valence-corrected chi connectivity index (χ1v) is 10.2. The second kappa shape index (κ2) is 7.39. The van der Waals surface area contributed by atoms with Crippen molar-refractivity contribution in [3.05, 3.63) is 30.1 Å². The van der Waals surface area contributed by atoms with Crippen molar-refractivity contribution in [1.82, 2.24) is 9.21 Å². The molecule has 0 bridgehead atoms. The number of likely N-dealkylation sites (tertiary alicyclic amines) is 1. The van der Waals surface area contributed by atoms with E-state index in [0.717, 1.165) is 36.9 Å². The Morgan fingerprint density at radius 3 is 2.40 bits per heavy atom. The largest absolute Gasteiger partial charge is 0.338 e. The number of sulfonamides is 1. The number of benzene rings is 1. The summed E-state index contributed by atoms with van der Waals surface area (Å²) in [5.74, 6) is -0.399. The molecule has 0 saturated carbocycles. The zero-order valence-corrected chi connectivity index (χ0v) is 15.3. The van der Waals surface area contributed by atoms with Gasteiger partial charge in [0.1, 0.15) is 5.82 Å². The van der Waals surface area contributed by atoms with E-state index < -0.39 is 15.8 Å². The summed E-state index contributed by atoms with van der Waals surface area (Å²) in [6, 6.07) is 4.94. The number of hydrogen-bond acceptors (Lipinski definition) is 3. The Morgan fingerprint density at radius 2 is 1.80 bits per heavy atom. The topological polar surface area (TPSA) is 62.1 Å². The lowest BCUT2D eigenvalue weighted by Crippen LogP contribution is -3.19. The van der Waals surface area contributed by atoms with Crippen LogP contribution in [0.15, 0.2) is 29.2 Å². The minimum Gasteiger partial charge on any atom is -0.338 e. The molecule has 1 aromatic carbocycles. The molecule has 138 valence electrons. The number of nitrogens with one attached hydrogen (secondary N) is 1. The molecular formula is C17H25FN3O3S+. The van der Waals surface area contributed by atoms with Gasteiger partial charge in [-0.1, -0.05) is 6.07 Å². The van der Waals surface area contributed by atoms with E-state index in [0.29, 0.717) is 26.2 Å². The van der Waals surface area contributed by atoms with Crippen molar-refractivity contribution in [1.29, 1.82) is 0 Å². The number of hydrogen-bond donors (Lipinski definition) is 1.